The number of aromatic nitrogens is 2. The van der Waals surface area contributed by atoms with Crippen LogP contribution in [-0.2, 0) is 27.1 Å². The van der Waals surface area contributed by atoms with Crippen LogP contribution >= 0.6 is 31.9 Å². The third-order valence-electron chi connectivity index (χ3n) is 5.66. The van der Waals surface area contributed by atoms with Gasteiger partial charge in [-0.05, 0) is 56.1 Å². The van der Waals surface area contributed by atoms with E-state index < -0.39 is 20.0 Å². The van der Waals surface area contributed by atoms with Gasteiger partial charge in [0.1, 0.15) is 0 Å². The van der Waals surface area contributed by atoms with E-state index in [1.807, 2.05) is 23.9 Å². The second kappa shape index (κ2) is 10.4. The largest absolute Gasteiger partial charge is 0.358 e. The molecule has 0 radical (unpaired) electrons. The monoisotopic (exact) mass is 668 g/mol. The van der Waals surface area contributed by atoms with Crippen LogP contribution in [0.5, 0.6) is 0 Å². The molecule has 2 aromatic heterocycles. The summed E-state index contributed by atoms with van der Waals surface area (Å²) in [4.78, 5) is 3.00. The minimum absolute atomic E-state index is 0.410. The van der Waals surface area contributed by atoms with Crippen molar-refractivity contribution in [2.45, 2.75) is 0 Å². The predicted octanol–water partition coefficient (Wildman–Crippen LogP) is 4.41. The number of nitrogens with zero attached hydrogens (tertiary/aromatic N) is 5. The highest BCUT2D eigenvalue weighted by Gasteiger charge is 2.20. The van der Waals surface area contributed by atoms with Gasteiger partial charge in [0.15, 0.2) is 0 Å². The molecule has 0 spiro atoms. The first-order chi connectivity index (χ1) is 17.1. The van der Waals surface area contributed by atoms with Gasteiger partial charge in [0.25, 0.3) is 0 Å². The number of nitrogens with one attached hydrogen (secondary N) is 1. The molecule has 4 rings (SSSR count). The first kappa shape index (κ1) is 28.5. The van der Waals surface area contributed by atoms with Gasteiger partial charge < -0.3 is 9.55 Å². The molecule has 4 aromatic rings. The standard InChI is InChI=1S/C12H12BrN3O2S.C11H10BrN3O2S/c1-15-7-10(13)9-4-8(6-14)5-11(12(9)15)16(2)19(3,17)18;1-15(18(2,16)17)10-4-7(5-13)3-8-9(12)6-14-11(8)10/h4-5,7H,1-3H3;3-4,6,14H,1-2H3. The second-order valence-electron chi connectivity index (χ2n) is 8.22. The molecule has 0 saturated carbocycles. The summed E-state index contributed by atoms with van der Waals surface area (Å²) in [6.45, 7) is 0. The molecule has 37 heavy (non-hydrogen) atoms. The Morgan fingerprint density at radius 1 is 0.838 bits per heavy atom. The van der Waals surface area contributed by atoms with Crippen molar-refractivity contribution in [3.63, 3.8) is 0 Å². The van der Waals surface area contributed by atoms with E-state index in [2.05, 4.69) is 42.9 Å². The fourth-order valence-electron chi connectivity index (χ4n) is 3.63. The Hall–Kier alpha value is -3.04. The third-order valence-corrected chi connectivity index (χ3v) is 9.33. The zero-order valence-corrected chi connectivity index (χ0v) is 25.2. The zero-order chi connectivity index (χ0) is 27.9. The fourth-order valence-corrected chi connectivity index (χ4v) is 5.67. The maximum Gasteiger partial charge on any atom is 0.232 e. The molecule has 0 fully saturated rings. The maximum absolute atomic E-state index is 11.7. The van der Waals surface area contributed by atoms with Crippen molar-refractivity contribution in [2.24, 2.45) is 7.05 Å². The molecule has 0 bridgehead atoms. The van der Waals surface area contributed by atoms with Crippen molar-refractivity contribution in [1.29, 1.82) is 10.5 Å². The number of fused-ring (bicyclic) bond motifs is 2. The first-order valence-corrected chi connectivity index (χ1v) is 15.7. The topological polar surface area (TPSA) is 143 Å². The van der Waals surface area contributed by atoms with Crippen molar-refractivity contribution in [1.82, 2.24) is 9.55 Å². The smallest absolute Gasteiger partial charge is 0.232 e. The molecule has 0 saturated heterocycles. The Bertz CT molecular complexity index is 1830. The number of rotatable bonds is 4. The Balaban J connectivity index is 0.000000206. The number of sulfonamides is 2. The highest BCUT2D eigenvalue weighted by molar-refractivity contribution is 9.11. The molecule has 14 heteroatoms. The van der Waals surface area contributed by atoms with Crippen molar-refractivity contribution in [2.75, 3.05) is 35.2 Å². The molecule has 0 atom stereocenters. The molecule has 0 aliphatic heterocycles. The normalized spacial score (nSPS) is 11.5. The third kappa shape index (κ3) is 5.78. The number of aryl methyl sites for hydroxylation is 1. The average Bonchev–Trinajstić information content (AvgIpc) is 3.34. The molecule has 0 aliphatic rings. The summed E-state index contributed by atoms with van der Waals surface area (Å²) in [5.74, 6) is 0. The first-order valence-electron chi connectivity index (χ1n) is 10.4. The summed E-state index contributed by atoms with van der Waals surface area (Å²) in [6.07, 6.45) is 5.81. The Morgan fingerprint density at radius 2 is 1.32 bits per heavy atom. The quantitative estimate of drug-likeness (QED) is 0.341. The predicted molar refractivity (Wildman–Crippen MR) is 153 cm³/mol. The molecule has 1 N–H and O–H groups in total. The molecular weight excluding hydrogens is 648 g/mol. The van der Waals surface area contributed by atoms with E-state index in [9.17, 15) is 16.8 Å². The highest BCUT2D eigenvalue weighted by atomic mass is 79.9. The Morgan fingerprint density at radius 3 is 1.84 bits per heavy atom. The highest BCUT2D eigenvalue weighted by Crippen LogP contribution is 2.35. The number of anilines is 2. The number of benzene rings is 2. The van der Waals surface area contributed by atoms with Crippen LogP contribution in [0.25, 0.3) is 21.8 Å². The number of nitriles is 2. The van der Waals surface area contributed by atoms with Crippen molar-refractivity contribution < 1.29 is 16.8 Å². The molecule has 0 aliphatic carbocycles. The Kier molecular flexibility index (Phi) is 8.00. The van der Waals surface area contributed by atoms with E-state index in [1.165, 1.54) is 18.4 Å². The van der Waals surface area contributed by atoms with Crippen LogP contribution in [-0.4, -0.2) is 53.0 Å². The van der Waals surface area contributed by atoms with Crippen LogP contribution in [0.2, 0.25) is 0 Å². The molecule has 2 heterocycles. The summed E-state index contributed by atoms with van der Waals surface area (Å²) < 4.78 is 52.4. The number of aromatic amines is 1. The number of H-pyrrole nitrogens is 1. The van der Waals surface area contributed by atoms with Crippen LogP contribution in [0.15, 0.2) is 45.6 Å². The van der Waals surface area contributed by atoms with Crippen LogP contribution in [0, 0.1) is 22.7 Å². The second-order valence-corrected chi connectivity index (χ2v) is 14.0. The van der Waals surface area contributed by atoms with E-state index in [0.29, 0.717) is 28.0 Å². The summed E-state index contributed by atoms with van der Waals surface area (Å²) >= 11 is 6.77. The van der Waals surface area contributed by atoms with Crippen LogP contribution in [0.4, 0.5) is 11.4 Å². The van der Waals surface area contributed by atoms with Gasteiger partial charge in [-0.15, -0.1) is 0 Å². The molecule has 194 valence electrons. The van der Waals surface area contributed by atoms with E-state index in [1.54, 1.807) is 30.5 Å². The number of hydrogen-bond acceptors (Lipinski definition) is 6. The lowest BCUT2D eigenvalue weighted by molar-refractivity contribution is 0.598. The van der Waals surface area contributed by atoms with Gasteiger partial charge in [-0.25, -0.2) is 16.8 Å². The van der Waals surface area contributed by atoms with Gasteiger partial charge in [-0.2, -0.15) is 10.5 Å². The minimum Gasteiger partial charge on any atom is -0.358 e. The van der Waals surface area contributed by atoms with Gasteiger partial charge in [-0.3, -0.25) is 8.61 Å². The molecular formula is C23H22Br2N6O4S2. The molecule has 2 aromatic carbocycles. The molecule has 10 nitrogen and oxygen atoms in total. The van der Waals surface area contributed by atoms with Crippen LogP contribution in [0.1, 0.15) is 11.1 Å². The summed E-state index contributed by atoms with van der Waals surface area (Å²) in [6, 6.07) is 10.6. The Labute approximate surface area is 232 Å². The average molecular weight is 670 g/mol. The lowest BCUT2D eigenvalue weighted by Gasteiger charge is -2.18. The lowest BCUT2D eigenvalue weighted by atomic mass is 10.1. The maximum atomic E-state index is 11.7. The minimum atomic E-state index is -3.38. The van der Waals surface area contributed by atoms with Crippen molar-refractivity contribution in [3.05, 3.63) is 56.7 Å². The number of hydrogen-bond donors (Lipinski definition) is 1. The van der Waals surface area contributed by atoms with Gasteiger partial charge in [-0.1, -0.05) is 0 Å². The zero-order valence-electron chi connectivity index (χ0n) is 20.4. The fraction of sp³-hybridized carbons (Fsp3) is 0.217. The SMILES string of the molecule is CN(c1cc(C#N)cc2c(Br)c[nH]c12)S(C)(=O)=O.CN(c1cc(C#N)cc2c(Br)cn(C)c12)S(C)(=O)=O. The van der Waals surface area contributed by atoms with Gasteiger partial charge in [0.05, 0.1) is 58.2 Å². The van der Waals surface area contributed by atoms with E-state index >= 15 is 0 Å². The van der Waals surface area contributed by atoms with E-state index in [0.717, 1.165) is 42.1 Å². The van der Waals surface area contributed by atoms with Gasteiger partial charge >= 0.3 is 0 Å². The van der Waals surface area contributed by atoms with Crippen LogP contribution in [0.3, 0.4) is 0 Å². The van der Waals surface area contributed by atoms with Gasteiger partial charge in [0, 0.05) is 53.3 Å². The van der Waals surface area contributed by atoms with Crippen molar-refractivity contribution >= 4 is 85.1 Å². The summed E-state index contributed by atoms with van der Waals surface area (Å²) in [5.41, 5.74) is 3.22. The molecule has 0 amide bonds. The lowest BCUT2D eigenvalue weighted by Crippen LogP contribution is -2.25. The van der Waals surface area contributed by atoms with Crippen LogP contribution < -0.4 is 8.61 Å². The number of halogens is 2. The molecule has 0 unspecified atom stereocenters. The van der Waals surface area contributed by atoms with E-state index in [-0.39, 0.29) is 0 Å². The van der Waals surface area contributed by atoms with Gasteiger partial charge in [0.2, 0.25) is 20.0 Å². The van der Waals surface area contributed by atoms with Crippen molar-refractivity contribution in [3.8, 4) is 12.1 Å². The summed E-state index contributed by atoms with van der Waals surface area (Å²) in [7, 11) is -1.99. The summed E-state index contributed by atoms with van der Waals surface area (Å²) in [5, 5.41) is 19.6. The van der Waals surface area contributed by atoms with E-state index in [4.69, 9.17) is 10.5 Å².